The van der Waals surface area contributed by atoms with Crippen LogP contribution in [0.1, 0.15) is 27.7 Å². The molecule has 2 heterocycles. The lowest BCUT2D eigenvalue weighted by Crippen LogP contribution is -2.53. The van der Waals surface area contributed by atoms with Crippen molar-refractivity contribution in [1.29, 1.82) is 0 Å². The van der Waals surface area contributed by atoms with Crippen molar-refractivity contribution in [2.24, 2.45) is 5.92 Å². The van der Waals surface area contributed by atoms with Crippen LogP contribution in [0.25, 0.3) is 11.2 Å². The molecule has 2 unspecified atom stereocenters. The number of rotatable bonds is 11. The van der Waals surface area contributed by atoms with E-state index in [1.165, 1.54) is 13.3 Å². The van der Waals surface area contributed by atoms with Gasteiger partial charge >= 0.3 is 13.5 Å². The lowest BCUT2D eigenvalue weighted by molar-refractivity contribution is -0.145. The Hall–Kier alpha value is -3.01. The highest BCUT2D eigenvalue weighted by molar-refractivity contribution is 7.57. The molecule has 33 heavy (non-hydrogen) atoms. The number of anilines is 1. The minimum Gasteiger partial charge on any atom is -0.480 e. The summed E-state index contributed by atoms with van der Waals surface area (Å²) < 4.78 is 27.2. The van der Waals surface area contributed by atoms with Crippen LogP contribution in [-0.2, 0) is 20.6 Å². The molecule has 4 N–H and O–H groups in total. The normalized spacial score (nSPS) is 16.3. The van der Waals surface area contributed by atoms with E-state index < -0.39 is 25.1 Å². The third kappa shape index (κ3) is 5.68. The average Bonchev–Trinajstić information content (AvgIpc) is 3.17. The molecule has 0 aliphatic rings. The van der Waals surface area contributed by atoms with Crippen LogP contribution in [0.5, 0.6) is 5.75 Å². The first-order chi connectivity index (χ1) is 15.5. The second kappa shape index (κ2) is 9.86. The van der Waals surface area contributed by atoms with Gasteiger partial charge in [-0.3, -0.25) is 9.36 Å². The molecule has 0 radical (unpaired) electrons. The number of carboxylic acid groups (broad SMARTS) is 1. The van der Waals surface area contributed by atoms with E-state index in [2.05, 4.69) is 20.0 Å². The van der Waals surface area contributed by atoms with Crippen molar-refractivity contribution >= 4 is 30.5 Å². The molecule has 0 bridgehead atoms. The maximum atomic E-state index is 13.8. The van der Waals surface area contributed by atoms with Crippen molar-refractivity contribution in [1.82, 2.24) is 24.6 Å². The fraction of sp³-hybridized carbons (Fsp3) is 0.429. The van der Waals surface area contributed by atoms with E-state index in [0.717, 1.165) is 0 Å². The van der Waals surface area contributed by atoms with E-state index in [1.807, 2.05) is 0 Å². The number of hydrogen-bond acceptors (Lipinski definition) is 8. The lowest BCUT2D eigenvalue weighted by atomic mass is 9.90. The second-order valence-corrected chi connectivity index (χ2v) is 10.3. The number of imidazole rings is 1. The summed E-state index contributed by atoms with van der Waals surface area (Å²) in [6.07, 6.45) is 2.16. The Kier molecular flexibility index (Phi) is 7.36. The first-order valence-corrected chi connectivity index (χ1v) is 12.2. The van der Waals surface area contributed by atoms with Crippen LogP contribution >= 0.6 is 7.52 Å². The van der Waals surface area contributed by atoms with E-state index in [0.29, 0.717) is 23.5 Å². The molecule has 3 rings (SSSR count). The number of benzene rings is 1. The van der Waals surface area contributed by atoms with Gasteiger partial charge in [-0.1, -0.05) is 32.0 Å². The molecule has 0 amide bonds. The lowest BCUT2D eigenvalue weighted by Gasteiger charge is -2.34. The van der Waals surface area contributed by atoms with E-state index in [1.54, 1.807) is 62.0 Å². The van der Waals surface area contributed by atoms with Gasteiger partial charge in [0.15, 0.2) is 11.5 Å². The van der Waals surface area contributed by atoms with Crippen LogP contribution in [0.15, 0.2) is 43.0 Å². The highest BCUT2D eigenvalue weighted by Crippen LogP contribution is 2.46. The molecule has 12 heteroatoms. The van der Waals surface area contributed by atoms with Crippen LogP contribution in [0.4, 0.5) is 5.82 Å². The highest BCUT2D eigenvalue weighted by atomic mass is 31.2. The molecule has 0 saturated carbocycles. The minimum atomic E-state index is -3.79. The number of nitrogens with two attached hydrogens (primary N) is 1. The van der Waals surface area contributed by atoms with Crippen LogP contribution in [0, 0.1) is 5.92 Å². The Morgan fingerprint density at radius 2 is 1.94 bits per heavy atom. The first-order valence-electron chi connectivity index (χ1n) is 10.4. The molecule has 1 aromatic carbocycles. The molecule has 3 atom stereocenters. The second-order valence-electron chi connectivity index (χ2n) is 8.29. The number of para-hydroxylation sites is 1. The molecule has 2 aromatic heterocycles. The van der Waals surface area contributed by atoms with Gasteiger partial charge in [-0.2, -0.15) is 0 Å². The van der Waals surface area contributed by atoms with Gasteiger partial charge in [-0.25, -0.2) is 20.0 Å². The number of aromatic nitrogens is 4. The molecule has 3 aromatic rings. The molecule has 0 aliphatic carbocycles. The minimum absolute atomic E-state index is 0.277. The van der Waals surface area contributed by atoms with Gasteiger partial charge in [0.25, 0.3) is 0 Å². The first kappa shape index (κ1) is 24.6. The monoisotopic (exact) mass is 476 g/mol. The number of carbonyl (C=O) groups is 1. The van der Waals surface area contributed by atoms with Crippen LogP contribution in [0.2, 0.25) is 0 Å². The van der Waals surface area contributed by atoms with Gasteiger partial charge in [0.1, 0.15) is 29.5 Å². The average molecular weight is 476 g/mol. The zero-order chi connectivity index (χ0) is 24.2. The van der Waals surface area contributed by atoms with Crippen molar-refractivity contribution in [2.75, 3.05) is 12.1 Å². The van der Waals surface area contributed by atoms with Gasteiger partial charge in [0.05, 0.1) is 19.0 Å². The summed E-state index contributed by atoms with van der Waals surface area (Å²) in [4.78, 5) is 24.3. The molecule has 0 saturated heterocycles. The summed E-state index contributed by atoms with van der Waals surface area (Å²) in [5.74, 6) is -0.889. The Balaban J connectivity index is 1.78. The van der Waals surface area contributed by atoms with Gasteiger partial charge in [-0.15, -0.1) is 0 Å². The van der Waals surface area contributed by atoms with Gasteiger partial charge in [0.2, 0.25) is 0 Å². The standard InChI is InChI=1S/C21H29N6O5P/c1-14(2)21(4,20(28)29)26-33(30,32-16-8-6-5-7-9-16)13-31-15(3)10-27-12-25-17-18(22)23-11-24-19(17)27/h5-9,11-12,14-15H,10,13H2,1-4H3,(H,26,30)(H,28,29)(H2,22,23,24)/t15-,21?,33?/m1/s1. The number of nitrogens with one attached hydrogen (secondary N) is 1. The number of hydrogen-bond donors (Lipinski definition) is 3. The maximum Gasteiger partial charge on any atom is 0.342 e. The van der Waals surface area contributed by atoms with Crippen molar-refractivity contribution in [2.45, 2.75) is 45.9 Å². The number of aliphatic carboxylic acids is 1. The predicted molar refractivity (Wildman–Crippen MR) is 124 cm³/mol. The van der Waals surface area contributed by atoms with Crippen molar-refractivity contribution in [3.8, 4) is 5.75 Å². The summed E-state index contributed by atoms with van der Waals surface area (Å²) in [6.45, 7) is 7.08. The molecule has 178 valence electrons. The zero-order valence-corrected chi connectivity index (χ0v) is 19.9. The third-order valence-electron chi connectivity index (χ3n) is 5.41. The fourth-order valence-corrected chi connectivity index (χ4v) is 5.24. The molecule has 0 fully saturated rings. The van der Waals surface area contributed by atoms with Crippen molar-refractivity contribution < 1.29 is 23.7 Å². The summed E-state index contributed by atoms with van der Waals surface area (Å²) >= 11 is 0. The van der Waals surface area contributed by atoms with Crippen LogP contribution in [0.3, 0.4) is 0 Å². The highest BCUT2D eigenvalue weighted by Gasteiger charge is 2.44. The zero-order valence-electron chi connectivity index (χ0n) is 19.0. The van der Waals surface area contributed by atoms with Gasteiger partial charge < -0.3 is 24.7 Å². The molecular formula is C21H29N6O5P. The predicted octanol–water partition coefficient (Wildman–Crippen LogP) is 3.13. The van der Waals surface area contributed by atoms with E-state index in [9.17, 15) is 14.5 Å². The van der Waals surface area contributed by atoms with Gasteiger partial charge in [-0.05, 0) is 31.9 Å². The molecular weight excluding hydrogens is 447 g/mol. The largest absolute Gasteiger partial charge is 0.480 e. The van der Waals surface area contributed by atoms with Crippen molar-refractivity contribution in [3.63, 3.8) is 0 Å². The Labute approximate surface area is 191 Å². The molecule has 0 aliphatic heterocycles. The van der Waals surface area contributed by atoms with Gasteiger partial charge in [0, 0.05) is 0 Å². The topological polar surface area (TPSA) is 154 Å². The Morgan fingerprint density at radius 1 is 1.24 bits per heavy atom. The van der Waals surface area contributed by atoms with Crippen LogP contribution in [-0.4, -0.2) is 48.6 Å². The third-order valence-corrected chi connectivity index (χ3v) is 7.21. The summed E-state index contributed by atoms with van der Waals surface area (Å²) in [6, 6.07) is 8.56. The number of carboxylic acids is 1. The summed E-state index contributed by atoms with van der Waals surface area (Å²) in [5, 5.41) is 12.5. The van der Waals surface area contributed by atoms with E-state index >= 15 is 0 Å². The summed E-state index contributed by atoms with van der Waals surface area (Å²) in [7, 11) is -3.79. The molecule has 0 spiro atoms. The smallest absolute Gasteiger partial charge is 0.342 e. The molecule has 11 nitrogen and oxygen atoms in total. The van der Waals surface area contributed by atoms with Crippen LogP contribution < -0.4 is 15.3 Å². The number of fused-ring (bicyclic) bond motifs is 1. The SMILES string of the molecule is CC(C)C(C)(NP(=O)(CO[C@H](C)Cn1cnc2c(N)ncnc21)Oc1ccccc1)C(=O)O. The quantitative estimate of drug-likeness (QED) is 0.352. The van der Waals surface area contributed by atoms with E-state index in [-0.39, 0.29) is 18.1 Å². The van der Waals surface area contributed by atoms with Crippen molar-refractivity contribution in [3.05, 3.63) is 43.0 Å². The Bertz CT molecular complexity index is 1150. The number of nitrogens with zero attached hydrogens (tertiary/aromatic N) is 4. The maximum absolute atomic E-state index is 13.8. The van der Waals surface area contributed by atoms with E-state index in [4.69, 9.17) is 15.0 Å². The summed E-state index contributed by atoms with van der Waals surface area (Å²) in [5.41, 5.74) is 5.37. The number of nitrogen functional groups attached to an aromatic ring is 1. The Morgan fingerprint density at radius 3 is 2.58 bits per heavy atom. The fourth-order valence-electron chi connectivity index (χ4n) is 3.10. The number of ether oxygens (including phenoxy) is 1.